The van der Waals surface area contributed by atoms with Crippen LogP contribution < -0.4 is 9.04 Å². The number of carbonyl (C=O) groups is 1. The number of hydrogen-bond donors (Lipinski definition) is 1. The van der Waals surface area contributed by atoms with Gasteiger partial charge in [-0.25, -0.2) is 8.42 Å². The predicted molar refractivity (Wildman–Crippen MR) is 104 cm³/mol. The Balaban J connectivity index is 1.70. The molecule has 0 saturated heterocycles. The summed E-state index contributed by atoms with van der Waals surface area (Å²) in [6.07, 6.45) is 0. The average Bonchev–Trinajstić information content (AvgIpc) is 3.10. The molecule has 0 bridgehead atoms. The van der Waals surface area contributed by atoms with E-state index in [1.807, 2.05) is 18.2 Å². The van der Waals surface area contributed by atoms with E-state index in [1.165, 1.54) is 12.1 Å². The maximum absolute atomic E-state index is 13.2. The average molecular weight is 395 g/mol. The lowest BCUT2D eigenvalue weighted by molar-refractivity contribution is -0.138. The van der Waals surface area contributed by atoms with Gasteiger partial charge in [0.15, 0.2) is 0 Å². The highest BCUT2D eigenvalue weighted by atomic mass is 32.2. The zero-order valence-corrected chi connectivity index (χ0v) is 15.5. The molecular weight excluding hydrogens is 378 g/mol. The first-order valence-electron chi connectivity index (χ1n) is 8.64. The van der Waals surface area contributed by atoms with Gasteiger partial charge in [-0.15, -0.1) is 0 Å². The Hall–Kier alpha value is -3.32. The van der Waals surface area contributed by atoms with Gasteiger partial charge in [0.05, 0.1) is 17.1 Å². The number of carboxylic acid groups (broad SMARTS) is 1. The minimum Gasteiger partial charge on any atom is -0.481 e. The third-order valence-electron chi connectivity index (χ3n) is 4.60. The van der Waals surface area contributed by atoms with Gasteiger partial charge in [-0.2, -0.15) is 0 Å². The Morgan fingerprint density at radius 3 is 2.36 bits per heavy atom. The van der Waals surface area contributed by atoms with Crippen LogP contribution in [0.1, 0.15) is 11.5 Å². The molecule has 0 spiro atoms. The molecule has 3 aromatic rings. The number of carboxylic acids is 1. The van der Waals surface area contributed by atoms with Crippen molar-refractivity contribution in [1.82, 2.24) is 0 Å². The van der Waals surface area contributed by atoms with Crippen LogP contribution in [0.5, 0.6) is 11.5 Å². The molecule has 1 heterocycles. The molecule has 0 aliphatic carbocycles. The number of para-hydroxylation sites is 2. The summed E-state index contributed by atoms with van der Waals surface area (Å²) in [6, 6.07) is 21.9. The molecule has 0 aromatic heterocycles. The Kier molecular flexibility index (Phi) is 4.52. The van der Waals surface area contributed by atoms with E-state index in [9.17, 15) is 18.3 Å². The minimum atomic E-state index is -3.94. The SMILES string of the molecule is O=C(O)C1CN(S(=O)(=O)c2cccc(Oc3ccccc3)c2)c2ccccc21. The Morgan fingerprint density at radius 2 is 1.61 bits per heavy atom. The summed E-state index contributed by atoms with van der Waals surface area (Å²) < 4.78 is 33.4. The molecule has 0 radical (unpaired) electrons. The lowest BCUT2D eigenvalue weighted by Gasteiger charge is -2.20. The van der Waals surface area contributed by atoms with Gasteiger partial charge in [-0.1, -0.05) is 42.5 Å². The standard InChI is InChI=1S/C21H17NO5S/c23-21(24)19-14-22(20-12-5-4-11-18(19)20)28(25,26)17-10-6-9-16(13-17)27-15-7-2-1-3-8-15/h1-13,19H,14H2,(H,23,24). The summed E-state index contributed by atoms with van der Waals surface area (Å²) in [5.74, 6) is -0.968. The van der Waals surface area contributed by atoms with E-state index in [1.54, 1.807) is 48.5 Å². The molecule has 7 heteroatoms. The molecule has 1 aliphatic heterocycles. The van der Waals surface area contributed by atoms with Crippen molar-refractivity contribution in [2.45, 2.75) is 10.8 Å². The third kappa shape index (κ3) is 3.20. The molecule has 0 saturated carbocycles. The zero-order valence-electron chi connectivity index (χ0n) is 14.7. The van der Waals surface area contributed by atoms with Crippen molar-refractivity contribution in [3.05, 3.63) is 84.4 Å². The maximum atomic E-state index is 13.2. The Labute approximate surface area is 162 Å². The van der Waals surface area contributed by atoms with Crippen molar-refractivity contribution in [3.63, 3.8) is 0 Å². The van der Waals surface area contributed by atoms with E-state index >= 15 is 0 Å². The van der Waals surface area contributed by atoms with E-state index in [-0.39, 0.29) is 11.4 Å². The lowest BCUT2D eigenvalue weighted by Crippen LogP contribution is -2.31. The molecule has 1 N–H and O–H groups in total. The van der Waals surface area contributed by atoms with Crippen LogP contribution in [0.4, 0.5) is 5.69 Å². The fourth-order valence-corrected chi connectivity index (χ4v) is 4.80. The van der Waals surface area contributed by atoms with Crippen LogP contribution in [0.25, 0.3) is 0 Å². The number of fused-ring (bicyclic) bond motifs is 1. The van der Waals surface area contributed by atoms with E-state index in [0.717, 1.165) is 4.31 Å². The summed E-state index contributed by atoms with van der Waals surface area (Å²) in [6.45, 7) is -0.138. The zero-order chi connectivity index (χ0) is 19.7. The second kappa shape index (κ2) is 7.01. The normalized spacial score (nSPS) is 15.9. The fraction of sp³-hybridized carbons (Fsp3) is 0.0952. The molecule has 0 amide bonds. The van der Waals surface area contributed by atoms with Gasteiger partial charge in [-0.3, -0.25) is 9.10 Å². The van der Waals surface area contributed by atoms with Crippen LogP contribution >= 0.6 is 0 Å². The number of benzene rings is 3. The summed E-state index contributed by atoms with van der Waals surface area (Å²) in [5.41, 5.74) is 0.888. The maximum Gasteiger partial charge on any atom is 0.312 e. The Morgan fingerprint density at radius 1 is 0.929 bits per heavy atom. The lowest BCUT2D eigenvalue weighted by atomic mass is 10.0. The highest BCUT2D eigenvalue weighted by molar-refractivity contribution is 7.92. The molecule has 142 valence electrons. The van der Waals surface area contributed by atoms with Crippen LogP contribution in [0, 0.1) is 0 Å². The highest BCUT2D eigenvalue weighted by Crippen LogP contribution is 2.40. The molecule has 4 rings (SSSR count). The fourth-order valence-electron chi connectivity index (χ4n) is 3.26. The van der Waals surface area contributed by atoms with Crippen molar-refractivity contribution in [3.8, 4) is 11.5 Å². The number of aliphatic carboxylic acids is 1. The van der Waals surface area contributed by atoms with Crippen LogP contribution in [0.2, 0.25) is 0 Å². The van der Waals surface area contributed by atoms with Crippen molar-refractivity contribution >= 4 is 21.7 Å². The van der Waals surface area contributed by atoms with E-state index < -0.39 is 21.9 Å². The quantitative estimate of drug-likeness (QED) is 0.709. The van der Waals surface area contributed by atoms with Gasteiger partial charge in [0.1, 0.15) is 17.4 Å². The predicted octanol–water partition coefficient (Wildman–Crippen LogP) is 3.86. The summed E-state index contributed by atoms with van der Waals surface area (Å²) in [5, 5.41) is 9.48. The van der Waals surface area contributed by atoms with Crippen LogP contribution in [-0.2, 0) is 14.8 Å². The highest BCUT2D eigenvalue weighted by Gasteiger charge is 2.39. The van der Waals surface area contributed by atoms with Crippen LogP contribution in [0.15, 0.2) is 83.8 Å². The number of ether oxygens (including phenoxy) is 1. The molecule has 6 nitrogen and oxygen atoms in total. The first kappa shape index (κ1) is 18.1. The first-order valence-corrected chi connectivity index (χ1v) is 10.1. The van der Waals surface area contributed by atoms with Gasteiger partial charge >= 0.3 is 5.97 Å². The molecule has 28 heavy (non-hydrogen) atoms. The number of rotatable bonds is 5. The van der Waals surface area contributed by atoms with Crippen molar-refractivity contribution < 1.29 is 23.1 Å². The van der Waals surface area contributed by atoms with Gasteiger partial charge in [0, 0.05) is 6.07 Å². The number of anilines is 1. The van der Waals surface area contributed by atoms with Crippen molar-refractivity contribution in [2.75, 3.05) is 10.8 Å². The molecule has 1 aliphatic rings. The van der Waals surface area contributed by atoms with E-state index in [4.69, 9.17) is 4.74 Å². The first-order chi connectivity index (χ1) is 13.5. The van der Waals surface area contributed by atoms with Gasteiger partial charge in [0.2, 0.25) is 0 Å². The van der Waals surface area contributed by atoms with Gasteiger partial charge < -0.3 is 9.84 Å². The summed E-state index contributed by atoms with van der Waals surface area (Å²) in [4.78, 5) is 11.6. The van der Waals surface area contributed by atoms with E-state index in [0.29, 0.717) is 22.7 Å². The minimum absolute atomic E-state index is 0.0433. The van der Waals surface area contributed by atoms with Gasteiger partial charge in [-0.05, 0) is 35.9 Å². The number of hydrogen-bond acceptors (Lipinski definition) is 4. The second-order valence-electron chi connectivity index (χ2n) is 6.38. The van der Waals surface area contributed by atoms with E-state index in [2.05, 4.69) is 0 Å². The topological polar surface area (TPSA) is 83.9 Å². The second-order valence-corrected chi connectivity index (χ2v) is 8.24. The van der Waals surface area contributed by atoms with Crippen LogP contribution in [-0.4, -0.2) is 26.0 Å². The van der Waals surface area contributed by atoms with Gasteiger partial charge in [0.25, 0.3) is 10.0 Å². The molecule has 3 aromatic carbocycles. The van der Waals surface area contributed by atoms with Crippen molar-refractivity contribution in [2.24, 2.45) is 0 Å². The number of nitrogens with zero attached hydrogens (tertiary/aromatic N) is 1. The Bertz CT molecular complexity index is 1130. The summed E-state index contributed by atoms with van der Waals surface area (Å²) >= 11 is 0. The number of sulfonamides is 1. The summed E-state index contributed by atoms with van der Waals surface area (Å²) in [7, 11) is -3.94. The molecular formula is C21H17NO5S. The largest absolute Gasteiger partial charge is 0.481 e. The van der Waals surface area contributed by atoms with Crippen LogP contribution in [0.3, 0.4) is 0 Å². The molecule has 1 unspecified atom stereocenters. The molecule has 0 fully saturated rings. The smallest absolute Gasteiger partial charge is 0.312 e. The molecule has 1 atom stereocenters. The third-order valence-corrected chi connectivity index (χ3v) is 6.38. The van der Waals surface area contributed by atoms with Crippen molar-refractivity contribution in [1.29, 1.82) is 0 Å². The monoisotopic (exact) mass is 395 g/mol.